The van der Waals surface area contributed by atoms with Crippen LogP contribution in [0.1, 0.15) is 51.9 Å². The molecule has 1 atom stereocenters. The fourth-order valence-corrected chi connectivity index (χ4v) is 3.96. The molecule has 1 N–H and O–H groups in total. The molecule has 1 unspecified atom stereocenters. The van der Waals surface area contributed by atoms with Gasteiger partial charge in [-0.3, -0.25) is 0 Å². The lowest BCUT2D eigenvalue weighted by Gasteiger charge is -2.39. The van der Waals surface area contributed by atoms with Crippen molar-refractivity contribution in [3.63, 3.8) is 0 Å². The zero-order chi connectivity index (χ0) is 14.0. The minimum Gasteiger partial charge on any atom is -0.381 e. The molecule has 2 aliphatic carbocycles. The first-order valence-corrected chi connectivity index (χ1v) is 8.68. The average Bonchev–Trinajstić information content (AvgIpc) is 3.17. The van der Waals surface area contributed by atoms with Crippen LogP contribution in [-0.2, 0) is 4.74 Å². The number of hydrogen-bond donors (Lipinski definition) is 1. The monoisotopic (exact) mass is 280 g/mol. The maximum atomic E-state index is 5.75. The van der Waals surface area contributed by atoms with E-state index in [-0.39, 0.29) is 0 Å². The Balaban J connectivity index is 1.52. The first-order valence-electron chi connectivity index (χ1n) is 8.68. The Morgan fingerprint density at radius 2 is 1.90 bits per heavy atom. The van der Waals surface area contributed by atoms with E-state index in [0.29, 0.717) is 5.41 Å². The summed E-state index contributed by atoms with van der Waals surface area (Å²) in [6.45, 7) is 6.70. The molecule has 0 spiro atoms. The molecule has 3 heteroatoms. The Hall–Kier alpha value is -0.120. The molecule has 3 rings (SSSR count). The third kappa shape index (κ3) is 3.75. The lowest BCUT2D eigenvalue weighted by molar-refractivity contribution is 0.0835. The van der Waals surface area contributed by atoms with E-state index in [1.807, 2.05) is 0 Å². The van der Waals surface area contributed by atoms with Gasteiger partial charge in [0.05, 0.1) is 6.61 Å². The van der Waals surface area contributed by atoms with Gasteiger partial charge in [-0.15, -0.1) is 0 Å². The van der Waals surface area contributed by atoms with Crippen LogP contribution in [0.15, 0.2) is 0 Å². The minimum atomic E-state index is 0.375. The van der Waals surface area contributed by atoms with Crippen LogP contribution in [-0.4, -0.2) is 50.3 Å². The Morgan fingerprint density at radius 3 is 2.50 bits per heavy atom. The summed E-state index contributed by atoms with van der Waals surface area (Å²) in [6.07, 6.45) is 9.62. The molecule has 2 saturated carbocycles. The molecule has 116 valence electrons. The van der Waals surface area contributed by atoms with Crippen molar-refractivity contribution in [3.8, 4) is 0 Å². The third-order valence-electron chi connectivity index (χ3n) is 5.72. The maximum absolute atomic E-state index is 5.75. The standard InChI is InChI=1S/C17H32N2O/c1-14-3-7-16(8-4-14)19(2)12-17(9-10-20-13-17)11-18-15-5-6-15/h14-16,18H,3-13H2,1-2H3. The van der Waals surface area contributed by atoms with Gasteiger partial charge in [-0.2, -0.15) is 0 Å². The second kappa shape index (κ2) is 6.33. The van der Waals surface area contributed by atoms with Gasteiger partial charge in [-0.05, 0) is 57.9 Å². The molecule has 0 radical (unpaired) electrons. The number of nitrogens with zero attached hydrogens (tertiary/aromatic N) is 1. The van der Waals surface area contributed by atoms with Crippen molar-refractivity contribution in [1.29, 1.82) is 0 Å². The van der Waals surface area contributed by atoms with Crippen LogP contribution in [0.25, 0.3) is 0 Å². The van der Waals surface area contributed by atoms with Gasteiger partial charge in [0.25, 0.3) is 0 Å². The topological polar surface area (TPSA) is 24.5 Å². The van der Waals surface area contributed by atoms with E-state index in [1.54, 1.807) is 0 Å². The summed E-state index contributed by atoms with van der Waals surface area (Å²) in [5.74, 6) is 0.944. The van der Waals surface area contributed by atoms with E-state index in [0.717, 1.165) is 37.8 Å². The molecule has 0 bridgehead atoms. The predicted molar refractivity (Wildman–Crippen MR) is 82.9 cm³/mol. The number of rotatable bonds is 6. The highest BCUT2D eigenvalue weighted by Gasteiger charge is 2.38. The fraction of sp³-hybridized carbons (Fsp3) is 1.00. The van der Waals surface area contributed by atoms with Crippen LogP contribution in [0.5, 0.6) is 0 Å². The molecule has 3 fully saturated rings. The van der Waals surface area contributed by atoms with E-state index in [1.165, 1.54) is 51.5 Å². The molecule has 3 aliphatic rings. The first kappa shape index (κ1) is 14.8. The second-order valence-electron chi connectivity index (χ2n) is 7.79. The summed E-state index contributed by atoms with van der Waals surface area (Å²) in [5.41, 5.74) is 0.375. The highest BCUT2D eigenvalue weighted by molar-refractivity contribution is 4.93. The fourth-order valence-electron chi connectivity index (χ4n) is 3.96. The Morgan fingerprint density at radius 1 is 1.15 bits per heavy atom. The molecule has 0 aromatic carbocycles. The Bertz CT molecular complexity index is 302. The van der Waals surface area contributed by atoms with Gasteiger partial charge in [0.15, 0.2) is 0 Å². The van der Waals surface area contributed by atoms with Crippen LogP contribution in [0.2, 0.25) is 0 Å². The number of ether oxygens (including phenoxy) is 1. The molecule has 1 aliphatic heterocycles. The summed E-state index contributed by atoms with van der Waals surface area (Å²) in [4.78, 5) is 2.65. The first-order chi connectivity index (χ1) is 9.67. The van der Waals surface area contributed by atoms with E-state index in [4.69, 9.17) is 4.74 Å². The Kier molecular flexibility index (Phi) is 4.68. The van der Waals surface area contributed by atoms with Crippen molar-refractivity contribution < 1.29 is 4.74 Å². The van der Waals surface area contributed by atoms with Crippen molar-refractivity contribution in [2.75, 3.05) is 33.4 Å². The smallest absolute Gasteiger partial charge is 0.0547 e. The molecule has 1 heterocycles. The SMILES string of the molecule is CC1CCC(N(C)CC2(CNC3CC3)CCOC2)CC1. The van der Waals surface area contributed by atoms with Gasteiger partial charge in [-0.1, -0.05) is 6.92 Å². The molecular formula is C17H32N2O. The lowest BCUT2D eigenvalue weighted by atomic mass is 9.83. The van der Waals surface area contributed by atoms with E-state index < -0.39 is 0 Å². The van der Waals surface area contributed by atoms with Gasteiger partial charge in [0.1, 0.15) is 0 Å². The highest BCUT2D eigenvalue weighted by Crippen LogP contribution is 2.33. The summed E-state index contributed by atoms with van der Waals surface area (Å²) >= 11 is 0. The number of hydrogen-bond acceptors (Lipinski definition) is 3. The summed E-state index contributed by atoms with van der Waals surface area (Å²) in [7, 11) is 2.35. The summed E-state index contributed by atoms with van der Waals surface area (Å²) in [6, 6.07) is 1.62. The van der Waals surface area contributed by atoms with Crippen LogP contribution >= 0.6 is 0 Å². The summed E-state index contributed by atoms with van der Waals surface area (Å²) < 4.78 is 5.75. The molecule has 0 aromatic rings. The number of nitrogens with one attached hydrogen (secondary N) is 1. The zero-order valence-electron chi connectivity index (χ0n) is 13.4. The molecule has 20 heavy (non-hydrogen) atoms. The zero-order valence-corrected chi connectivity index (χ0v) is 13.4. The Labute approximate surface area is 124 Å². The van der Waals surface area contributed by atoms with Crippen LogP contribution < -0.4 is 5.32 Å². The van der Waals surface area contributed by atoms with Gasteiger partial charge in [0.2, 0.25) is 0 Å². The van der Waals surface area contributed by atoms with Gasteiger partial charge < -0.3 is 15.0 Å². The van der Waals surface area contributed by atoms with Crippen LogP contribution in [0.4, 0.5) is 0 Å². The van der Waals surface area contributed by atoms with E-state index >= 15 is 0 Å². The van der Waals surface area contributed by atoms with E-state index in [9.17, 15) is 0 Å². The molecule has 3 nitrogen and oxygen atoms in total. The van der Waals surface area contributed by atoms with E-state index in [2.05, 4.69) is 24.2 Å². The minimum absolute atomic E-state index is 0.375. The molecule has 1 saturated heterocycles. The second-order valence-corrected chi connectivity index (χ2v) is 7.79. The molecule has 0 amide bonds. The van der Waals surface area contributed by atoms with Gasteiger partial charge in [0, 0.05) is 37.2 Å². The molecule has 0 aromatic heterocycles. The van der Waals surface area contributed by atoms with Crippen molar-refractivity contribution in [3.05, 3.63) is 0 Å². The van der Waals surface area contributed by atoms with Crippen molar-refractivity contribution in [2.45, 2.75) is 64.0 Å². The lowest BCUT2D eigenvalue weighted by Crippen LogP contribution is -2.47. The van der Waals surface area contributed by atoms with Crippen LogP contribution in [0.3, 0.4) is 0 Å². The third-order valence-corrected chi connectivity index (χ3v) is 5.72. The molecular weight excluding hydrogens is 248 g/mol. The van der Waals surface area contributed by atoms with Crippen LogP contribution in [0, 0.1) is 11.3 Å². The maximum Gasteiger partial charge on any atom is 0.0547 e. The van der Waals surface area contributed by atoms with Gasteiger partial charge >= 0.3 is 0 Å². The summed E-state index contributed by atoms with van der Waals surface area (Å²) in [5, 5.41) is 3.75. The van der Waals surface area contributed by atoms with Crippen molar-refractivity contribution >= 4 is 0 Å². The van der Waals surface area contributed by atoms with Crippen molar-refractivity contribution in [2.24, 2.45) is 11.3 Å². The largest absolute Gasteiger partial charge is 0.381 e. The average molecular weight is 280 g/mol. The van der Waals surface area contributed by atoms with Crippen molar-refractivity contribution in [1.82, 2.24) is 10.2 Å². The quantitative estimate of drug-likeness (QED) is 0.809. The highest BCUT2D eigenvalue weighted by atomic mass is 16.5. The normalized spacial score (nSPS) is 38.5. The van der Waals surface area contributed by atoms with Gasteiger partial charge in [-0.25, -0.2) is 0 Å². The predicted octanol–water partition coefficient (Wildman–Crippen LogP) is 2.66.